The number of carbonyl (C=O) groups excluding carboxylic acids is 3. The molecule has 0 aromatic rings. The number of hydrogen-bond donors (Lipinski definition) is 0. The molecule has 0 rings (SSSR count). The van der Waals surface area contributed by atoms with Gasteiger partial charge in [-0.15, -0.1) is 0 Å². The van der Waals surface area contributed by atoms with Crippen molar-refractivity contribution in [3.63, 3.8) is 0 Å². The summed E-state index contributed by atoms with van der Waals surface area (Å²) in [5.41, 5.74) is 0. The van der Waals surface area contributed by atoms with E-state index in [9.17, 15) is 14.4 Å². The van der Waals surface area contributed by atoms with Crippen molar-refractivity contribution in [3.05, 3.63) is 72.9 Å². The molecule has 1 atom stereocenters. The van der Waals surface area contributed by atoms with Crippen LogP contribution in [0.3, 0.4) is 0 Å². The highest BCUT2D eigenvalue weighted by Crippen LogP contribution is 2.16. The van der Waals surface area contributed by atoms with Crippen molar-refractivity contribution in [1.29, 1.82) is 0 Å². The predicted octanol–water partition coefficient (Wildman–Crippen LogP) is 20.9. The molecule has 0 N–H and O–H groups in total. The maximum atomic E-state index is 12.9. The molecule has 0 unspecified atom stereocenters. The summed E-state index contributed by atoms with van der Waals surface area (Å²) in [5.74, 6) is -0.907. The van der Waals surface area contributed by atoms with Crippen molar-refractivity contribution in [1.82, 2.24) is 0 Å². The SMILES string of the molecule is CCCCC/C=C/C/C=C/C/C=C/C/C=C/CCCCCC(=O)OC[C@@H](COC(=O)CCCCCCCCCCCCCCCCCC)OC(=O)CCCCCCCCCCC/C=C/C/C=C/CCCCC. The van der Waals surface area contributed by atoms with Gasteiger partial charge in [0.2, 0.25) is 0 Å². The molecule has 0 bridgehead atoms. The fourth-order valence-corrected chi connectivity index (χ4v) is 8.75. The number of esters is 3. The Bertz CT molecular complexity index is 1340. The smallest absolute Gasteiger partial charge is 0.306 e. The summed E-state index contributed by atoms with van der Waals surface area (Å²) in [6.07, 6.45) is 77.5. The first-order valence-electron chi connectivity index (χ1n) is 30.9. The van der Waals surface area contributed by atoms with Gasteiger partial charge in [-0.1, -0.05) is 267 Å². The summed E-state index contributed by atoms with van der Waals surface area (Å²) in [5, 5.41) is 0. The molecular formula is C66H116O6. The first-order chi connectivity index (χ1) is 35.5. The number of ether oxygens (including phenoxy) is 3. The third-order valence-corrected chi connectivity index (χ3v) is 13.4. The summed E-state index contributed by atoms with van der Waals surface area (Å²) in [6.45, 7) is 6.59. The molecule has 0 saturated carbocycles. The van der Waals surface area contributed by atoms with E-state index >= 15 is 0 Å². The standard InChI is InChI=1S/C66H116O6/c1-4-7-10-13-16-19-22-25-28-31-33-35-38-41-44-47-50-53-56-59-65(68)71-62-63(61-70-64(67)58-55-52-49-46-43-40-37-30-27-24-21-18-15-12-9-6-3)72-66(69)60-57-54-51-48-45-42-39-36-34-32-29-26-23-20-17-14-11-8-5-2/h16-17,19-20,25-26,28-29,33,35,41,44,63H,4-15,18,21-24,27,30-32,34,36-40,42-43,45-62H2,1-3H3/b19-16+,20-17+,28-25+,29-26+,35-33+,44-41+/t63-/m1/s1. The molecule has 0 aliphatic rings. The Labute approximate surface area is 446 Å². The van der Waals surface area contributed by atoms with E-state index in [0.717, 1.165) is 89.9 Å². The molecule has 0 spiro atoms. The van der Waals surface area contributed by atoms with Crippen LogP contribution in [0.15, 0.2) is 72.9 Å². The van der Waals surface area contributed by atoms with Crippen LogP contribution in [0.5, 0.6) is 0 Å². The average molecular weight is 1010 g/mol. The summed E-state index contributed by atoms with van der Waals surface area (Å²) in [6, 6.07) is 0. The van der Waals surface area contributed by atoms with Gasteiger partial charge in [0.05, 0.1) is 0 Å². The second kappa shape index (κ2) is 60.4. The van der Waals surface area contributed by atoms with Crippen LogP contribution >= 0.6 is 0 Å². The van der Waals surface area contributed by atoms with Crippen molar-refractivity contribution in [2.45, 2.75) is 316 Å². The maximum Gasteiger partial charge on any atom is 0.306 e. The van der Waals surface area contributed by atoms with Gasteiger partial charge in [-0.2, -0.15) is 0 Å². The highest BCUT2D eigenvalue weighted by Gasteiger charge is 2.19. The summed E-state index contributed by atoms with van der Waals surface area (Å²) < 4.78 is 16.9. The molecule has 0 aliphatic heterocycles. The van der Waals surface area contributed by atoms with Gasteiger partial charge in [-0.3, -0.25) is 14.4 Å². The van der Waals surface area contributed by atoms with E-state index < -0.39 is 6.10 Å². The molecule has 72 heavy (non-hydrogen) atoms. The Morgan fingerprint density at radius 2 is 0.500 bits per heavy atom. The number of hydrogen-bond acceptors (Lipinski definition) is 6. The summed E-state index contributed by atoms with van der Waals surface area (Å²) in [7, 11) is 0. The lowest BCUT2D eigenvalue weighted by Gasteiger charge is -2.18. The highest BCUT2D eigenvalue weighted by atomic mass is 16.6. The Kier molecular flexibility index (Phi) is 57.8. The normalized spacial score (nSPS) is 12.5. The van der Waals surface area contributed by atoms with E-state index in [1.165, 1.54) is 180 Å². The molecule has 6 nitrogen and oxygen atoms in total. The molecule has 0 aromatic carbocycles. The molecule has 6 heteroatoms. The van der Waals surface area contributed by atoms with Crippen LogP contribution in [-0.2, 0) is 28.6 Å². The van der Waals surface area contributed by atoms with Gasteiger partial charge in [0.25, 0.3) is 0 Å². The van der Waals surface area contributed by atoms with E-state index in [4.69, 9.17) is 14.2 Å². The fourth-order valence-electron chi connectivity index (χ4n) is 8.75. The van der Waals surface area contributed by atoms with Crippen LogP contribution in [-0.4, -0.2) is 37.2 Å². The van der Waals surface area contributed by atoms with Gasteiger partial charge < -0.3 is 14.2 Å². The van der Waals surface area contributed by atoms with Crippen LogP contribution in [0.2, 0.25) is 0 Å². The summed E-state index contributed by atoms with van der Waals surface area (Å²) in [4.78, 5) is 38.3. The average Bonchev–Trinajstić information content (AvgIpc) is 3.38. The second-order valence-electron chi connectivity index (χ2n) is 20.6. The van der Waals surface area contributed by atoms with Gasteiger partial charge >= 0.3 is 17.9 Å². The van der Waals surface area contributed by atoms with Crippen LogP contribution < -0.4 is 0 Å². The lowest BCUT2D eigenvalue weighted by Crippen LogP contribution is -2.30. The van der Waals surface area contributed by atoms with Gasteiger partial charge in [-0.25, -0.2) is 0 Å². The van der Waals surface area contributed by atoms with Crippen molar-refractivity contribution < 1.29 is 28.6 Å². The molecule has 0 aliphatic carbocycles. The van der Waals surface area contributed by atoms with E-state index in [1.54, 1.807) is 0 Å². The van der Waals surface area contributed by atoms with Gasteiger partial charge in [0.1, 0.15) is 13.2 Å². The number of carbonyl (C=O) groups is 3. The largest absolute Gasteiger partial charge is 0.462 e. The van der Waals surface area contributed by atoms with Crippen molar-refractivity contribution >= 4 is 17.9 Å². The van der Waals surface area contributed by atoms with Crippen LogP contribution in [0.4, 0.5) is 0 Å². The Balaban J connectivity index is 4.43. The first-order valence-corrected chi connectivity index (χ1v) is 30.9. The zero-order valence-electron chi connectivity index (χ0n) is 47.7. The number of rotatable bonds is 56. The van der Waals surface area contributed by atoms with Crippen molar-refractivity contribution in [3.8, 4) is 0 Å². The van der Waals surface area contributed by atoms with Gasteiger partial charge in [0.15, 0.2) is 6.10 Å². The topological polar surface area (TPSA) is 78.9 Å². The fraction of sp³-hybridized carbons (Fsp3) is 0.773. The molecule has 0 fully saturated rings. The minimum absolute atomic E-state index is 0.0847. The molecule has 0 aromatic heterocycles. The van der Waals surface area contributed by atoms with Crippen LogP contribution in [0, 0.1) is 0 Å². The molecular weight excluding hydrogens is 889 g/mol. The van der Waals surface area contributed by atoms with Gasteiger partial charge in [-0.05, 0) is 96.3 Å². The number of allylic oxidation sites excluding steroid dienone is 12. The molecule has 0 radical (unpaired) electrons. The van der Waals surface area contributed by atoms with Crippen LogP contribution in [0.25, 0.3) is 0 Å². The maximum absolute atomic E-state index is 12.9. The highest BCUT2D eigenvalue weighted by molar-refractivity contribution is 5.71. The molecule has 0 saturated heterocycles. The van der Waals surface area contributed by atoms with E-state index in [-0.39, 0.29) is 31.1 Å². The second-order valence-corrected chi connectivity index (χ2v) is 20.6. The quantitative estimate of drug-likeness (QED) is 0.0261. The Morgan fingerprint density at radius 3 is 0.819 bits per heavy atom. The number of unbranched alkanes of at least 4 members (excludes halogenated alkanes) is 33. The van der Waals surface area contributed by atoms with E-state index in [2.05, 4.69) is 93.7 Å². The monoisotopic (exact) mass is 1000 g/mol. The van der Waals surface area contributed by atoms with Crippen molar-refractivity contribution in [2.24, 2.45) is 0 Å². The van der Waals surface area contributed by atoms with Crippen molar-refractivity contribution in [2.75, 3.05) is 13.2 Å². The first kappa shape index (κ1) is 68.8. The minimum atomic E-state index is -0.790. The van der Waals surface area contributed by atoms with E-state index in [0.29, 0.717) is 19.3 Å². The van der Waals surface area contributed by atoms with E-state index in [1.807, 2.05) is 0 Å². The molecule has 0 amide bonds. The Morgan fingerprint density at radius 1 is 0.278 bits per heavy atom. The summed E-state index contributed by atoms with van der Waals surface area (Å²) >= 11 is 0. The zero-order valence-corrected chi connectivity index (χ0v) is 47.7. The Hall–Kier alpha value is -3.15. The van der Waals surface area contributed by atoms with Gasteiger partial charge in [0, 0.05) is 19.3 Å². The minimum Gasteiger partial charge on any atom is -0.462 e. The van der Waals surface area contributed by atoms with Crippen LogP contribution in [0.1, 0.15) is 310 Å². The zero-order chi connectivity index (χ0) is 52.2. The lowest BCUT2D eigenvalue weighted by atomic mass is 10.0. The predicted molar refractivity (Wildman–Crippen MR) is 311 cm³/mol. The molecule has 0 heterocycles. The third-order valence-electron chi connectivity index (χ3n) is 13.4. The molecule has 416 valence electrons. The lowest BCUT2D eigenvalue weighted by molar-refractivity contribution is -0.167. The third kappa shape index (κ3) is 57.7.